The highest BCUT2D eigenvalue weighted by atomic mass is 16.5. The Bertz CT molecular complexity index is 1500. The lowest BCUT2D eigenvalue weighted by atomic mass is 10.0. The summed E-state index contributed by atoms with van der Waals surface area (Å²) >= 11 is 0. The standard InChI is InChI=1S/C15H13N3O.C14H14O/c1-18-14(19)12-8-7-11(9-13(12)17-15(18)16)10-5-3-2-4-6-10;1-2-5-12-10-13(8-7-11(12)4-1)14-6-3-9-15-14/h2-9H,1H3,(H2,16,17);1-2,4-5,7-8,10,14H,3,6,9H2/t;14-/m.0/s1. The van der Waals surface area contributed by atoms with E-state index in [1.165, 1.54) is 33.7 Å². The van der Waals surface area contributed by atoms with E-state index in [1.54, 1.807) is 13.1 Å². The van der Waals surface area contributed by atoms with Crippen molar-refractivity contribution in [3.8, 4) is 11.1 Å². The van der Waals surface area contributed by atoms with Crippen molar-refractivity contribution >= 4 is 27.6 Å². The predicted molar refractivity (Wildman–Crippen MR) is 139 cm³/mol. The summed E-state index contributed by atoms with van der Waals surface area (Å²) in [5.74, 6) is 0.225. The van der Waals surface area contributed by atoms with E-state index in [0.29, 0.717) is 17.0 Å². The second kappa shape index (κ2) is 9.49. The number of hydrogen-bond donors (Lipinski definition) is 1. The van der Waals surface area contributed by atoms with Gasteiger partial charge in [-0.25, -0.2) is 4.98 Å². The molecule has 1 aromatic heterocycles. The number of anilines is 1. The van der Waals surface area contributed by atoms with Gasteiger partial charge in [0.15, 0.2) is 0 Å². The molecule has 5 nitrogen and oxygen atoms in total. The Morgan fingerprint density at radius 3 is 2.41 bits per heavy atom. The molecule has 0 radical (unpaired) electrons. The third-order valence-corrected chi connectivity index (χ3v) is 6.29. The number of nitrogens with two attached hydrogens (primary N) is 1. The lowest BCUT2D eigenvalue weighted by molar-refractivity contribution is 0.112. The average molecular weight is 450 g/mol. The highest BCUT2D eigenvalue weighted by Crippen LogP contribution is 2.30. The molecule has 0 saturated carbocycles. The summed E-state index contributed by atoms with van der Waals surface area (Å²) < 4.78 is 7.04. The number of ether oxygens (including phenoxy) is 1. The fraction of sp³-hybridized carbons (Fsp3) is 0.172. The van der Waals surface area contributed by atoms with E-state index in [1.807, 2.05) is 42.5 Å². The Morgan fingerprint density at radius 2 is 1.65 bits per heavy atom. The molecule has 5 heteroatoms. The number of benzene rings is 4. The van der Waals surface area contributed by atoms with Gasteiger partial charge in [-0.3, -0.25) is 9.36 Å². The van der Waals surface area contributed by atoms with Crippen molar-refractivity contribution < 1.29 is 4.74 Å². The first-order valence-electron chi connectivity index (χ1n) is 11.5. The number of nitrogens with zero attached hydrogens (tertiary/aromatic N) is 2. The highest BCUT2D eigenvalue weighted by molar-refractivity contribution is 5.84. The summed E-state index contributed by atoms with van der Waals surface area (Å²) in [7, 11) is 1.62. The van der Waals surface area contributed by atoms with Crippen LogP contribution in [0, 0.1) is 0 Å². The van der Waals surface area contributed by atoms with Gasteiger partial charge in [0, 0.05) is 13.7 Å². The number of rotatable bonds is 2. The molecule has 6 rings (SSSR count). The molecule has 1 saturated heterocycles. The molecule has 0 unspecified atom stereocenters. The van der Waals surface area contributed by atoms with Crippen LogP contribution in [0.5, 0.6) is 0 Å². The predicted octanol–water partition coefficient (Wildman–Crippen LogP) is 5.87. The van der Waals surface area contributed by atoms with Crippen LogP contribution in [-0.4, -0.2) is 16.2 Å². The van der Waals surface area contributed by atoms with E-state index in [9.17, 15) is 4.79 Å². The molecule has 0 aliphatic carbocycles. The maximum absolute atomic E-state index is 12.0. The normalized spacial score (nSPS) is 15.3. The van der Waals surface area contributed by atoms with E-state index in [2.05, 4.69) is 47.4 Å². The maximum Gasteiger partial charge on any atom is 0.262 e. The molecule has 1 atom stereocenters. The monoisotopic (exact) mass is 449 g/mol. The summed E-state index contributed by atoms with van der Waals surface area (Å²) in [4.78, 5) is 16.3. The molecule has 0 bridgehead atoms. The second-order valence-corrected chi connectivity index (χ2v) is 8.54. The number of fused-ring (bicyclic) bond motifs is 2. The van der Waals surface area contributed by atoms with Crippen molar-refractivity contribution in [3.05, 3.63) is 107 Å². The van der Waals surface area contributed by atoms with Crippen molar-refractivity contribution in [1.82, 2.24) is 9.55 Å². The Morgan fingerprint density at radius 1 is 0.882 bits per heavy atom. The van der Waals surface area contributed by atoms with Gasteiger partial charge in [-0.1, -0.05) is 72.8 Å². The van der Waals surface area contributed by atoms with Crippen LogP contribution in [0.3, 0.4) is 0 Å². The van der Waals surface area contributed by atoms with Gasteiger partial charge < -0.3 is 10.5 Å². The lowest BCUT2D eigenvalue weighted by Gasteiger charge is -2.10. The van der Waals surface area contributed by atoms with E-state index < -0.39 is 0 Å². The quantitative estimate of drug-likeness (QED) is 0.366. The second-order valence-electron chi connectivity index (χ2n) is 8.54. The minimum atomic E-state index is -0.123. The molecule has 4 aromatic carbocycles. The van der Waals surface area contributed by atoms with Crippen LogP contribution in [0.25, 0.3) is 32.8 Å². The third kappa shape index (κ3) is 4.43. The fourth-order valence-corrected chi connectivity index (χ4v) is 4.35. The van der Waals surface area contributed by atoms with Gasteiger partial charge in [0.25, 0.3) is 5.56 Å². The van der Waals surface area contributed by atoms with Gasteiger partial charge in [-0.15, -0.1) is 0 Å². The molecular weight excluding hydrogens is 422 g/mol. The van der Waals surface area contributed by atoms with Crippen LogP contribution in [0.15, 0.2) is 95.8 Å². The third-order valence-electron chi connectivity index (χ3n) is 6.29. The van der Waals surface area contributed by atoms with Crippen LogP contribution < -0.4 is 11.3 Å². The molecular formula is C29H27N3O2. The molecule has 34 heavy (non-hydrogen) atoms. The number of nitrogen functional groups attached to an aromatic ring is 1. The molecule has 5 aromatic rings. The first-order valence-corrected chi connectivity index (χ1v) is 11.5. The summed E-state index contributed by atoms with van der Waals surface area (Å²) in [6.07, 6.45) is 2.69. The summed E-state index contributed by atoms with van der Waals surface area (Å²) in [5.41, 5.74) is 9.67. The Hall–Kier alpha value is -3.96. The first kappa shape index (κ1) is 21.9. The zero-order chi connectivity index (χ0) is 23.5. The Balaban J connectivity index is 0.000000145. The minimum Gasteiger partial charge on any atom is -0.374 e. The van der Waals surface area contributed by atoms with Crippen molar-refractivity contribution in [2.75, 3.05) is 12.3 Å². The van der Waals surface area contributed by atoms with Crippen LogP contribution in [0.1, 0.15) is 24.5 Å². The zero-order valence-electron chi connectivity index (χ0n) is 19.1. The first-order chi connectivity index (χ1) is 16.6. The van der Waals surface area contributed by atoms with E-state index in [-0.39, 0.29) is 11.5 Å². The zero-order valence-corrected chi connectivity index (χ0v) is 19.1. The Kier molecular flexibility index (Phi) is 6.11. The van der Waals surface area contributed by atoms with E-state index >= 15 is 0 Å². The largest absolute Gasteiger partial charge is 0.374 e. The van der Waals surface area contributed by atoms with Crippen LogP contribution in [0.2, 0.25) is 0 Å². The Labute approximate surface area is 198 Å². The van der Waals surface area contributed by atoms with Crippen LogP contribution in [0.4, 0.5) is 5.95 Å². The van der Waals surface area contributed by atoms with Crippen molar-refractivity contribution in [1.29, 1.82) is 0 Å². The molecule has 2 heterocycles. The molecule has 1 aliphatic heterocycles. The SMILES string of the molecule is Cn1c(N)nc2cc(-c3ccccc3)ccc2c1=O.c1ccc2cc([C@@H]3CCCO3)ccc2c1. The van der Waals surface area contributed by atoms with Gasteiger partial charge in [-0.2, -0.15) is 0 Å². The number of hydrogen-bond acceptors (Lipinski definition) is 4. The molecule has 170 valence electrons. The molecule has 0 amide bonds. The van der Waals surface area contributed by atoms with Gasteiger partial charge >= 0.3 is 0 Å². The summed E-state index contributed by atoms with van der Waals surface area (Å²) in [6.45, 7) is 0.914. The van der Waals surface area contributed by atoms with Crippen LogP contribution in [-0.2, 0) is 11.8 Å². The van der Waals surface area contributed by atoms with Gasteiger partial charge in [-0.05, 0) is 58.5 Å². The summed E-state index contributed by atoms with van der Waals surface area (Å²) in [5, 5.41) is 3.20. The van der Waals surface area contributed by atoms with Gasteiger partial charge in [0.05, 0.1) is 17.0 Å². The topological polar surface area (TPSA) is 70.1 Å². The van der Waals surface area contributed by atoms with Gasteiger partial charge in [0.2, 0.25) is 5.95 Å². The molecule has 1 aliphatic rings. The molecule has 1 fully saturated rings. The fourth-order valence-electron chi connectivity index (χ4n) is 4.35. The van der Waals surface area contributed by atoms with Crippen molar-refractivity contribution in [2.24, 2.45) is 7.05 Å². The van der Waals surface area contributed by atoms with E-state index in [4.69, 9.17) is 10.5 Å². The lowest BCUT2D eigenvalue weighted by Crippen LogP contribution is -2.21. The highest BCUT2D eigenvalue weighted by Gasteiger charge is 2.17. The van der Waals surface area contributed by atoms with Crippen LogP contribution >= 0.6 is 0 Å². The molecule has 0 spiro atoms. The maximum atomic E-state index is 12.0. The number of aromatic nitrogens is 2. The van der Waals surface area contributed by atoms with E-state index in [0.717, 1.165) is 17.7 Å². The average Bonchev–Trinajstić information content (AvgIpc) is 3.43. The minimum absolute atomic E-state index is 0.123. The van der Waals surface area contributed by atoms with Gasteiger partial charge in [0.1, 0.15) is 0 Å². The van der Waals surface area contributed by atoms with Crippen molar-refractivity contribution in [3.63, 3.8) is 0 Å². The molecule has 2 N–H and O–H groups in total. The van der Waals surface area contributed by atoms with Crippen molar-refractivity contribution in [2.45, 2.75) is 18.9 Å². The summed E-state index contributed by atoms with van der Waals surface area (Å²) in [6, 6.07) is 30.7. The smallest absolute Gasteiger partial charge is 0.262 e.